The summed E-state index contributed by atoms with van der Waals surface area (Å²) in [5.74, 6) is 0. The second-order valence-corrected chi connectivity index (χ2v) is 17.5. The molecule has 1 nitrogen and oxygen atoms in total. The maximum atomic E-state index is 2.47. The molecule has 0 unspecified atom stereocenters. The SMILES string of the molecule is c1ccc(-c2cccc3ccccc23)c(-c2ccccc2N(c2ccc(-c3ccc(-c4cccc5ccccc45)cc3)cc2)c2ccccc2-c2ccc3c(c2)sc2ccccc23)c1. The average molecular weight is 832 g/mol. The van der Waals surface area contributed by atoms with Crippen molar-refractivity contribution in [3.05, 3.63) is 249 Å². The van der Waals surface area contributed by atoms with E-state index in [1.807, 2.05) is 11.3 Å². The van der Waals surface area contributed by atoms with Crippen molar-refractivity contribution in [1.29, 1.82) is 0 Å². The van der Waals surface area contributed by atoms with Gasteiger partial charge in [0.1, 0.15) is 0 Å². The van der Waals surface area contributed by atoms with Gasteiger partial charge >= 0.3 is 0 Å². The third-order valence-corrected chi connectivity index (χ3v) is 13.9. The minimum absolute atomic E-state index is 1.08. The van der Waals surface area contributed by atoms with Crippen LogP contribution in [0.5, 0.6) is 0 Å². The molecule has 0 aliphatic rings. The Balaban J connectivity index is 1.01. The molecular weight excluding hydrogens is 791 g/mol. The zero-order valence-electron chi connectivity index (χ0n) is 35.0. The van der Waals surface area contributed by atoms with Gasteiger partial charge < -0.3 is 4.90 Å². The standard InChI is InChI=1S/C62H41NS/c1-3-19-49-44(15-1)17-13-26-50(49)46-33-31-42(32-34-46)43-35-38-48(39-36-43)63(59-28-10-7-21-52(59)47-37-40-58-57-25-9-12-30-61(57)64-62(58)41-47)60-29-11-8-24-56(60)55-23-6-5-22-54(55)53-27-14-18-45-16-2-4-20-51(45)53/h1-41H. The van der Waals surface area contributed by atoms with Crippen molar-refractivity contribution in [2.24, 2.45) is 0 Å². The lowest BCUT2D eigenvalue weighted by atomic mass is 9.90. The topological polar surface area (TPSA) is 3.24 Å². The largest absolute Gasteiger partial charge is 0.309 e. The summed E-state index contributed by atoms with van der Waals surface area (Å²) in [6.07, 6.45) is 0. The fourth-order valence-electron chi connectivity index (χ4n) is 9.65. The number of para-hydroxylation sites is 2. The van der Waals surface area contributed by atoms with E-state index in [1.54, 1.807) is 0 Å². The van der Waals surface area contributed by atoms with Crippen LogP contribution in [0.25, 0.3) is 97.4 Å². The van der Waals surface area contributed by atoms with Crippen molar-refractivity contribution in [3.63, 3.8) is 0 Å². The Bertz CT molecular complexity index is 3660. The van der Waals surface area contributed by atoms with Crippen LogP contribution >= 0.6 is 11.3 Å². The summed E-state index contributed by atoms with van der Waals surface area (Å²) in [6, 6.07) is 91.0. The molecule has 64 heavy (non-hydrogen) atoms. The monoisotopic (exact) mass is 831 g/mol. The molecule has 2 heteroatoms. The van der Waals surface area contributed by atoms with Gasteiger partial charge in [-0.2, -0.15) is 0 Å². The molecule has 1 aromatic heterocycles. The molecule has 11 aromatic carbocycles. The van der Waals surface area contributed by atoms with Crippen molar-refractivity contribution in [2.45, 2.75) is 0 Å². The van der Waals surface area contributed by atoms with Gasteiger partial charge in [-0.25, -0.2) is 0 Å². The van der Waals surface area contributed by atoms with Crippen LogP contribution in [0.1, 0.15) is 0 Å². The van der Waals surface area contributed by atoms with Crippen LogP contribution in [0, 0.1) is 0 Å². The average Bonchev–Trinajstić information content (AvgIpc) is 3.75. The van der Waals surface area contributed by atoms with Crippen LogP contribution in [0.15, 0.2) is 249 Å². The zero-order valence-corrected chi connectivity index (χ0v) is 35.8. The highest BCUT2D eigenvalue weighted by Crippen LogP contribution is 2.48. The van der Waals surface area contributed by atoms with Gasteiger partial charge in [0, 0.05) is 37.0 Å². The molecule has 0 radical (unpaired) electrons. The fourth-order valence-corrected chi connectivity index (χ4v) is 10.8. The first-order chi connectivity index (χ1) is 31.7. The van der Waals surface area contributed by atoms with E-state index in [4.69, 9.17) is 0 Å². The Morgan fingerprint density at radius 3 is 1.39 bits per heavy atom. The van der Waals surface area contributed by atoms with Crippen molar-refractivity contribution in [2.75, 3.05) is 4.90 Å². The van der Waals surface area contributed by atoms with Gasteiger partial charge in [0.15, 0.2) is 0 Å². The molecule has 1 heterocycles. The van der Waals surface area contributed by atoms with Gasteiger partial charge in [-0.3, -0.25) is 0 Å². The normalized spacial score (nSPS) is 11.4. The van der Waals surface area contributed by atoms with E-state index in [1.165, 1.54) is 91.8 Å². The summed E-state index contributed by atoms with van der Waals surface area (Å²) in [4.78, 5) is 2.47. The minimum atomic E-state index is 1.08. The molecule has 0 N–H and O–H groups in total. The van der Waals surface area contributed by atoms with Crippen LogP contribution < -0.4 is 4.90 Å². The van der Waals surface area contributed by atoms with Crippen LogP contribution in [0.4, 0.5) is 17.1 Å². The number of hydrogen-bond donors (Lipinski definition) is 0. The Kier molecular flexibility index (Phi) is 9.43. The van der Waals surface area contributed by atoms with Crippen molar-refractivity contribution in [3.8, 4) is 55.6 Å². The third kappa shape index (κ3) is 6.64. The molecule has 0 amide bonds. The van der Waals surface area contributed by atoms with Crippen molar-refractivity contribution in [1.82, 2.24) is 0 Å². The highest BCUT2D eigenvalue weighted by molar-refractivity contribution is 7.25. The minimum Gasteiger partial charge on any atom is -0.309 e. The fraction of sp³-hybridized carbons (Fsp3) is 0. The molecule has 0 aliphatic heterocycles. The number of benzene rings is 11. The third-order valence-electron chi connectivity index (χ3n) is 12.7. The van der Waals surface area contributed by atoms with Crippen LogP contribution in [-0.4, -0.2) is 0 Å². The van der Waals surface area contributed by atoms with E-state index < -0.39 is 0 Å². The van der Waals surface area contributed by atoms with E-state index in [0.29, 0.717) is 0 Å². The Hall–Kier alpha value is -8.04. The molecular formula is C62H41NS. The maximum Gasteiger partial charge on any atom is 0.0540 e. The predicted molar refractivity (Wildman–Crippen MR) is 276 cm³/mol. The lowest BCUT2D eigenvalue weighted by Crippen LogP contribution is -2.12. The Morgan fingerprint density at radius 1 is 0.250 bits per heavy atom. The highest BCUT2D eigenvalue weighted by atomic mass is 32.1. The summed E-state index contributed by atoms with van der Waals surface area (Å²) >= 11 is 1.86. The quantitative estimate of drug-likeness (QED) is 0.147. The Labute approximate surface area is 377 Å². The summed E-state index contributed by atoms with van der Waals surface area (Å²) in [5, 5.41) is 7.61. The first-order valence-corrected chi connectivity index (χ1v) is 22.7. The molecule has 12 rings (SSSR count). The molecule has 0 aliphatic carbocycles. The first-order valence-electron chi connectivity index (χ1n) is 21.9. The Morgan fingerprint density at radius 2 is 0.688 bits per heavy atom. The summed E-state index contributed by atoms with van der Waals surface area (Å²) in [5.41, 5.74) is 15.3. The smallest absolute Gasteiger partial charge is 0.0540 e. The number of anilines is 3. The number of nitrogens with zero attached hydrogens (tertiary/aromatic N) is 1. The second kappa shape index (κ2) is 16.0. The van der Waals surface area contributed by atoms with E-state index >= 15 is 0 Å². The molecule has 300 valence electrons. The molecule has 0 saturated heterocycles. The van der Waals surface area contributed by atoms with E-state index in [9.17, 15) is 0 Å². The van der Waals surface area contributed by atoms with Gasteiger partial charge in [0.25, 0.3) is 0 Å². The van der Waals surface area contributed by atoms with Crippen LogP contribution in [-0.2, 0) is 0 Å². The number of thiophene rings is 1. The lowest BCUT2D eigenvalue weighted by molar-refractivity contribution is 1.28. The van der Waals surface area contributed by atoms with Crippen molar-refractivity contribution >= 4 is 70.1 Å². The van der Waals surface area contributed by atoms with E-state index in [0.717, 1.165) is 22.6 Å². The lowest BCUT2D eigenvalue weighted by Gasteiger charge is -2.30. The predicted octanol–water partition coefficient (Wildman–Crippen LogP) is 18.2. The van der Waals surface area contributed by atoms with E-state index in [2.05, 4.69) is 254 Å². The molecule has 12 aromatic rings. The molecule has 0 bridgehead atoms. The summed E-state index contributed by atoms with van der Waals surface area (Å²) < 4.78 is 2.60. The summed E-state index contributed by atoms with van der Waals surface area (Å²) in [7, 11) is 0. The first kappa shape index (κ1) is 37.7. The highest BCUT2D eigenvalue weighted by Gasteiger charge is 2.22. The number of fused-ring (bicyclic) bond motifs is 5. The number of hydrogen-bond acceptors (Lipinski definition) is 2. The molecule has 0 spiro atoms. The molecule has 0 atom stereocenters. The summed E-state index contributed by atoms with van der Waals surface area (Å²) in [6.45, 7) is 0. The van der Waals surface area contributed by atoms with Crippen molar-refractivity contribution < 1.29 is 0 Å². The van der Waals surface area contributed by atoms with E-state index in [-0.39, 0.29) is 0 Å². The second-order valence-electron chi connectivity index (χ2n) is 16.4. The van der Waals surface area contributed by atoms with Crippen LogP contribution in [0.2, 0.25) is 0 Å². The van der Waals surface area contributed by atoms with Gasteiger partial charge in [-0.15, -0.1) is 11.3 Å². The van der Waals surface area contributed by atoms with Gasteiger partial charge in [-0.05, 0) is 102 Å². The van der Waals surface area contributed by atoms with Gasteiger partial charge in [0.2, 0.25) is 0 Å². The molecule has 0 fully saturated rings. The maximum absolute atomic E-state index is 2.47. The van der Waals surface area contributed by atoms with Gasteiger partial charge in [0.05, 0.1) is 11.4 Å². The number of rotatable bonds is 8. The zero-order chi connectivity index (χ0) is 42.4. The van der Waals surface area contributed by atoms with Gasteiger partial charge in [-0.1, -0.05) is 212 Å². The van der Waals surface area contributed by atoms with Crippen LogP contribution in [0.3, 0.4) is 0 Å². The molecule has 0 saturated carbocycles.